The summed E-state index contributed by atoms with van der Waals surface area (Å²) in [7, 11) is 0. The molecule has 5 nitrogen and oxygen atoms in total. The highest BCUT2D eigenvalue weighted by Gasteiger charge is 2.28. The fraction of sp³-hybridized carbons (Fsp3) is 0.391. The van der Waals surface area contributed by atoms with Gasteiger partial charge in [0.25, 0.3) is 0 Å². The minimum Gasteiger partial charge on any atom is -0.355 e. The molecule has 0 unspecified atom stereocenters. The standard InChI is InChI=1S/C23H27N5/c1-2-5-21-15-22(14-20(21)4-1)27-9-3-10-28(13-12-27)23-7-6-19(16-25-23)17-26-11-8-24-18-26/h1-2,4-8,11,16,18,22H,3,9-10,12-15,17H2. The number of aromatic nitrogens is 3. The molecule has 0 bridgehead atoms. The van der Waals surface area contributed by atoms with Crippen LogP contribution in [0.2, 0.25) is 0 Å². The molecule has 0 spiro atoms. The molecule has 28 heavy (non-hydrogen) atoms. The van der Waals surface area contributed by atoms with Crippen molar-refractivity contribution in [2.24, 2.45) is 0 Å². The topological polar surface area (TPSA) is 37.2 Å². The van der Waals surface area contributed by atoms with Gasteiger partial charge in [-0.1, -0.05) is 30.3 Å². The second-order valence-corrected chi connectivity index (χ2v) is 7.97. The number of nitrogens with zero attached hydrogens (tertiary/aromatic N) is 5. The van der Waals surface area contributed by atoms with Crippen LogP contribution in [0.3, 0.4) is 0 Å². The van der Waals surface area contributed by atoms with E-state index >= 15 is 0 Å². The third kappa shape index (κ3) is 3.67. The first-order valence-corrected chi connectivity index (χ1v) is 10.3. The van der Waals surface area contributed by atoms with Crippen molar-refractivity contribution in [1.29, 1.82) is 0 Å². The number of hydrogen-bond acceptors (Lipinski definition) is 4. The molecule has 0 N–H and O–H groups in total. The zero-order chi connectivity index (χ0) is 18.8. The Kier molecular flexibility index (Phi) is 4.83. The van der Waals surface area contributed by atoms with Gasteiger partial charge in [-0.3, -0.25) is 4.90 Å². The molecule has 1 saturated heterocycles. The molecule has 3 aromatic rings. The highest BCUT2D eigenvalue weighted by molar-refractivity contribution is 5.40. The van der Waals surface area contributed by atoms with Gasteiger partial charge >= 0.3 is 0 Å². The van der Waals surface area contributed by atoms with E-state index < -0.39 is 0 Å². The first-order valence-electron chi connectivity index (χ1n) is 10.3. The summed E-state index contributed by atoms with van der Waals surface area (Å²) in [6.45, 7) is 5.28. The van der Waals surface area contributed by atoms with Gasteiger partial charge in [0.05, 0.1) is 6.33 Å². The molecule has 1 aliphatic heterocycles. The molecule has 1 aromatic carbocycles. The van der Waals surface area contributed by atoms with E-state index in [-0.39, 0.29) is 0 Å². The largest absolute Gasteiger partial charge is 0.355 e. The molecule has 1 aliphatic carbocycles. The summed E-state index contributed by atoms with van der Waals surface area (Å²) in [5.74, 6) is 1.10. The van der Waals surface area contributed by atoms with Gasteiger partial charge in [-0.15, -0.1) is 0 Å². The van der Waals surface area contributed by atoms with E-state index in [9.17, 15) is 0 Å². The second kappa shape index (κ2) is 7.76. The summed E-state index contributed by atoms with van der Waals surface area (Å²) in [5, 5.41) is 0. The smallest absolute Gasteiger partial charge is 0.128 e. The van der Waals surface area contributed by atoms with Crippen molar-refractivity contribution in [2.75, 3.05) is 31.1 Å². The molecule has 144 valence electrons. The van der Waals surface area contributed by atoms with Crippen molar-refractivity contribution >= 4 is 5.82 Å². The van der Waals surface area contributed by atoms with E-state index in [1.54, 1.807) is 11.1 Å². The van der Waals surface area contributed by atoms with Gasteiger partial charge in [-0.05, 0) is 42.0 Å². The SMILES string of the molecule is c1ccc2c(c1)CC(N1CCCN(c3ccc(Cn4ccnc4)cn3)CC1)C2. The Hall–Kier alpha value is -2.66. The van der Waals surface area contributed by atoms with Crippen LogP contribution in [0.1, 0.15) is 23.1 Å². The minimum absolute atomic E-state index is 0.669. The van der Waals surface area contributed by atoms with Crippen molar-refractivity contribution in [1.82, 2.24) is 19.4 Å². The van der Waals surface area contributed by atoms with Gasteiger partial charge in [-0.25, -0.2) is 9.97 Å². The lowest BCUT2D eigenvalue weighted by Gasteiger charge is -2.27. The van der Waals surface area contributed by atoms with E-state index in [1.807, 2.05) is 24.9 Å². The fourth-order valence-electron chi connectivity index (χ4n) is 4.61. The van der Waals surface area contributed by atoms with Crippen LogP contribution in [0.15, 0.2) is 61.3 Å². The number of anilines is 1. The van der Waals surface area contributed by atoms with E-state index in [1.165, 1.54) is 31.4 Å². The van der Waals surface area contributed by atoms with E-state index in [4.69, 9.17) is 4.98 Å². The number of rotatable bonds is 4. The zero-order valence-corrected chi connectivity index (χ0v) is 16.2. The first-order chi connectivity index (χ1) is 13.8. The third-order valence-corrected chi connectivity index (χ3v) is 6.13. The van der Waals surface area contributed by atoms with Crippen molar-refractivity contribution < 1.29 is 0 Å². The molecule has 0 amide bonds. The number of hydrogen-bond donors (Lipinski definition) is 0. The Bertz CT molecular complexity index is 878. The Labute approximate surface area is 166 Å². The number of fused-ring (bicyclic) bond motifs is 1. The van der Waals surface area contributed by atoms with Crippen LogP contribution in [-0.4, -0.2) is 51.7 Å². The van der Waals surface area contributed by atoms with Crippen LogP contribution in [-0.2, 0) is 19.4 Å². The van der Waals surface area contributed by atoms with Crippen molar-refractivity contribution in [3.8, 4) is 0 Å². The molecule has 0 atom stereocenters. The molecular weight excluding hydrogens is 346 g/mol. The predicted octanol–water partition coefficient (Wildman–Crippen LogP) is 3.01. The van der Waals surface area contributed by atoms with Gasteiger partial charge < -0.3 is 9.47 Å². The van der Waals surface area contributed by atoms with Crippen molar-refractivity contribution in [3.05, 3.63) is 78.0 Å². The highest BCUT2D eigenvalue weighted by atomic mass is 15.3. The molecule has 2 aromatic heterocycles. The van der Waals surface area contributed by atoms with Crippen molar-refractivity contribution in [2.45, 2.75) is 31.8 Å². The summed E-state index contributed by atoms with van der Waals surface area (Å²) in [4.78, 5) is 14.0. The average Bonchev–Trinajstić information content (AvgIpc) is 3.33. The van der Waals surface area contributed by atoms with Crippen LogP contribution in [0, 0.1) is 0 Å². The monoisotopic (exact) mass is 373 g/mol. The summed E-state index contributed by atoms with van der Waals surface area (Å²) in [5.41, 5.74) is 4.30. The second-order valence-electron chi connectivity index (χ2n) is 7.97. The Morgan fingerprint density at radius 3 is 2.50 bits per heavy atom. The van der Waals surface area contributed by atoms with E-state index in [0.29, 0.717) is 6.04 Å². The molecular formula is C23H27N5. The Balaban J connectivity index is 1.20. The number of pyridine rings is 1. The third-order valence-electron chi connectivity index (χ3n) is 6.13. The average molecular weight is 374 g/mol. The maximum Gasteiger partial charge on any atom is 0.128 e. The molecule has 0 radical (unpaired) electrons. The van der Waals surface area contributed by atoms with Crippen LogP contribution in [0.5, 0.6) is 0 Å². The summed E-state index contributed by atoms with van der Waals surface area (Å²) in [6.07, 6.45) is 11.3. The quantitative estimate of drug-likeness (QED) is 0.705. The van der Waals surface area contributed by atoms with Gasteiger partial charge in [0.15, 0.2) is 0 Å². The van der Waals surface area contributed by atoms with Crippen LogP contribution in [0.25, 0.3) is 0 Å². The fourth-order valence-corrected chi connectivity index (χ4v) is 4.61. The van der Waals surface area contributed by atoms with E-state index in [2.05, 4.69) is 55.7 Å². The Morgan fingerprint density at radius 1 is 0.929 bits per heavy atom. The molecule has 5 heteroatoms. The van der Waals surface area contributed by atoms with Crippen LogP contribution < -0.4 is 4.90 Å². The lowest BCUT2D eigenvalue weighted by atomic mass is 10.1. The molecule has 3 heterocycles. The van der Waals surface area contributed by atoms with Gasteiger partial charge in [0, 0.05) is 57.4 Å². The van der Waals surface area contributed by atoms with Crippen LogP contribution in [0.4, 0.5) is 5.82 Å². The summed E-state index contributed by atoms with van der Waals surface area (Å²) in [6, 6.07) is 14.0. The lowest BCUT2D eigenvalue weighted by Crippen LogP contribution is -2.39. The normalized spacial score (nSPS) is 18.2. The minimum atomic E-state index is 0.669. The lowest BCUT2D eigenvalue weighted by molar-refractivity contribution is 0.216. The van der Waals surface area contributed by atoms with Crippen LogP contribution >= 0.6 is 0 Å². The molecule has 2 aliphatic rings. The van der Waals surface area contributed by atoms with Gasteiger partial charge in [0.1, 0.15) is 5.82 Å². The zero-order valence-electron chi connectivity index (χ0n) is 16.2. The predicted molar refractivity (Wildman–Crippen MR) is 112 cm³/mol. The molecule has 0 saturated carbocycles. The molecule has 5 rings (SSSR count). The first kappa shape index (κ1) is 17.4. The van der Waals surface area contributed by atoms with Gasteiger partial charge in [0.2, 0.25) is 0 Å². The maximum atomic E-state index is 4.75. The maximum absolute atomic E-state index is 4.75. The summed E-state index contributed by atoms with van der Waals surface area (Å²) < 4.78 is 2.07. The molecule has 1 fully saturated rings. The summed E-state index contributed by atoms with van der Waals surface area (Å²) >= 11 is 0. The number of imidazole rings is 1. The van der Waals surface area contributed by atoms with Crippen molar-refractivity contribution in [3.63, 3.8) is 0 Å². The number of benzene rings is 1. The van der Waals surface area contributed by atoms with E-state index in [0.717, 1.165) is 32.0 Å². The Morgan fingerprint density at radius 2 is 1.79 bits per heavy atom. The highest BCUT2D eigenvalue weighted by Crippen LogP contribution is 2.26. The van der Waals surface area contributed by atoms with Gasteiger partial charge in [-0.2, -0.15) is 0 Å².